The second-order valence-corrected chi connectivity index (χ2v) is 13.6. The first-order chi connectivity index (χ1) is 11.3. The summed E-state index contributed by atoms with van der Waals surface area (Å²) in [6.07, 6.45) is 9.30. The maximum atomic E-state index is 11.7. The Hall–Kier alpha value is -0.260. The first kappa shape index (κ1) is 22.8. The summed E-state index contributed by atoms with van der Waals surface area (Å²) in [7, 11) is -1.05. The van der Waals surface area contributed by atoms with E-state index in [-0.39, 0.29) is 17.3 Å². The lowest BCUT2D eigenvalue weighted by Crippen LogP contribution is -2.30. The van der Waals surface area contributed by atoms with Gasteiger partial charge in [-0.25, -0.2) is 4.79 Å². The molecule has 2 atom stereocenters. The zero-order valence-electron chi connectivity index (χ0n) is 17.6. The van der Waals surface area contributed by atoms with Gasteiger partial charge in [0, 0.05) is 4.75 Å². The standard InChI is InChI=1S/C20H40O4S/c1-19(2,3)24-18(21)15-22-13-16-10-9-11-17(12-16)14-23-25(7,8)20(4,5)6/h16-17H,9-15H2,1-8H3. The first-order valence-corrected chi connectivity index (χ1v) is 11.8. The molecule has 1 saturated carbocycles. The van der Waals surface area contributed by atoms with Crippen LogP contribution in [0.5, 0.6) is 0 Å². The molecule has 2 unspecified atom stereocenters. The van der Waals surface area contributed by atoms with E-state index < -0.39 is 15.9 Å². The Kier molecular flexibility index (Phi) is 8.29. The summed E-state index contributed by atoms with van der Waals surface area (Å²) in [6.45, 7) is 13.9. The van der Waals surface area contributed by atoms with Gasteiger partial charge in [0.05, 0.1) is 13.2 Å². The van der Waals surface area contributed by atoms with Gasteiger partial charge in [-0.05, 0) is 64.4 Å². The molecule has 0 aromatic carbocycles. The van der Waals surface area contributed by atoms with Gasteiger partial charge in [-0.2, -0.15) is 0 Å². The molecule has 1 aliphatic rings. The summed E-state index contributed by atoms with van der Waals surface area (Å²) >= 11 is 0. The molecule has 25 heavy (non-hydrogen) atoms. The summed E-state index contributed by atoms with van der Waals surface area (Å²) < 4.78 is 17.4. The number of hydrogen-bond acceptors (Lipinski definition) is 4. The summed E-state index contributed by atoms with van der Waals surface area (Å²) in [4.78, 5) is 11.7. The number of ether oxygens (including phenoxy) is 2. The normalized spacial score (nSPS) is 23.4. The quantitative estimate of drug-likeness (QED) is 0.590. The Labute approximate surface area is 156 Å². The van der Waals surface area contributed by atoms with Crippen LogP contribution in [-0.4, -0.2) is 48.6 Å². The summed E-state index contributed by atoms with van der Waals surface area (Å²) in [6, 6.07) is 0. The van der Waals surface area contributed by atoms with Crippen LogP contribution < -0.4 is 0 Å². The van der Waals surface area contributed by atoms with E-state index in [1.165, 1.54) is 19.3 Å². The van der Waals surface area contributed by atoms with E-state index in [0.717, 1.165) is 13.0 Å². The minimum Gasteiger partial charge on any atom is -0.458 e. The molecule has 0 amide bonds. The molecule has 0 heterocycles. The second kappa shape index (κ2) is 9.09. The summed E-state index contributed by atoms with van der Waals surface area (Å²) in [5, 5.41) is 0. The molecule has 0 aromatic heterocycles. The third-order valence-corrected chi connectivity index (χ3v) is 8.63. The minimum atomic E-state index is -1.05. The predicted molar refractivity (Wildman–Crippen MR) is 107 cm³/mol. The highest BCUT2D eigenvalue weighted by Gasteiger charge is 2.31. The zero-order valence-corrected chi connectivity index (χ0v) is 18.5. The van der Waals surface area contributed by atoms with Gasteiger partial charge < -0.3 is 13.7 Å². The van der Waals surface area contributed by atoms with Crippen molar-refractivity contribution < 1.29 is 18.5 Å². The van der Waals surface area contributed by atoms with Crippen LogP contribution in [0.3, 0.4) is 0 Å². The lowest BCUT2D eigenvalue weighted by molar-refractivity contribution is -0.160. The van der Waals surface area contributed by atoms with Crippen molar-refractivity contribution in [1.82, 2.24) is 0 Å². The Bertz CT molecular complexity index is 420. The number of hydrogen-bond donors (Lipinski definition) is 0. The van der Waals surface area contributed by atoms with Crippen LogP contribution in [0.25, 0.3) is 0 Å². The molecule has 4 nitrogen and oxygen atoms in total. The highest BCUT2D eigenvalue weighted by Crippen LogP contribution is 2.54. The second-order valence-electron chi connectivity index (χ2n) is 9.63. The van der Waals surface area contributed by atoms with Gasteiger partial charge in [0.25, 0.3) is 0 Å². The van der Waals surface area contributed by atoms with Gasteiger partial charge in [-0.3, -0.25) is 0 Å². The molecule has 0 N–H and O–H groups in total. The van der Waals surface area contributed by atoms with Crippen LogP contribution in [0.2, 0.25) is 0 Å². The van der Waals surface area contributed by atoms with Crippen LogP contribution in [0.4, 0.5) is 0 Å². The van der Waals surface area contributed by atoms with E-state index in [1.54, 1.807) is 0 Å². The van der Waals surface area contributed by atoms with Gasteiger partial charge in [0.1, 0.15) is 12.2 Å². The van der Waals surface area contributed by atoms with E-state index >= 15 is 0 Å². The van der Waals surface area contributed by atoms with Crippen molar-refractivity contribution in [1.29, 1.82) is 0 Å². The van der Waals surface area contributed by atoms with Crippen molar-refractivity contribution in [2.24, 2.45) is 11.8 Å². The molecule has 1 rings (SSSR count). The molecule has 0 aliphatic heterocycles. The van der Waals surface area contributed by atoms with Crippen LogP contribution in [0, 0.1) is 11.8 Å². The molecule has 0 radical (unpaired) electrons. The van der Waals surface area contributed by atoms with E-state index in [9.17, 15) is 4.79 Å². The Balaban J connectivity index is 2.32. The fourth-order valence-corrected chi connectivity index (χ4v) is 3.71. The molecule has 150 valence electrons. The van der Waals surface area contributed by atoms with Gasteiger partial charge in [-0.15, -0.1) is 10.3 Å². The van der Waals surface area contributed by atoms with Crippen molar-refractivity contribution in [2.45, 2.75) is 77.6 Å². The Morgan fingerprint density at radius 2 is 1.56 bits per heavy atom. The maximum Gasteiger partial charge on any atom is 0.332 e. The van der Waals surface area contributed by atoms with Crippen molar-refractivity contribution in [3.63, 3.8) is 0 Å². The Morgan fingerprint density at radius 1 is 1.00 bits per heavy atom. The number of carbonyl (C=O) groups is 1. The molecule has 0 saturated heterocycles. The van der Waals surface area contributed by atoms with E-state index in [2.05, 4.69) is 33.3 Å². The highest BCUT2D eigenvalue weighted by molar-refractivity contribution is 8.29. The van der Waals surface area contributed by atoms with Crippen molar-refractivity contribution in [3.8, 4) is 0 Å². The molecule has 5 heteroatoms. The SMILES string of the molecule is CC(C)(C)OC(=O)COCC1CCCC(COS(C)(C)C(C)(C)C)C1. The number of carbonyl (C=O) groups excluding carboxylic acids is 1. The summed E-state index contributed by atoms with van der Waals surface area (Å²) in [5.41, 5.74) is -0.449. The highest BCUT2D eigenvalue weighted by atomic mass is 32.3. The van der Waals surface area contributed by atoms with Crippen LogP contribution in [-0.2, 0) is 18.5 Å². The lowest BCUT2D eigenvalue weighted by atomic mass is 9.82. The van der Waals surface area contributed by atoms with Crippen LogP contribution >= 0.6 is 10.3 Å². The van der Waals surface area contributed by atoms with Crippen molar-refractivity contribution >= 4 is 16.3 Å². The van der Waals surface area contributed by atoms with Crippen molar-refractivity contribution in [2.75, 3.05) is 32.3 Å². The van der Waals surface area contributed by atoms with Gasteiger partial charge >= 0.3 is 5.97 Å². The average molecular weight is 377 g/mol. The van der Waals surface area contributed by atoms with Crippen molar-refractivity contribution in [3.05, 3.63) is 0 Å². The average Bonchev–Trinajstić information content (AvgIpc) is 2.42. The maximum absolute atomic E-state index is 11.7. The fourth-order valence-electron chi connectivity index (χ4n) is 2.83. The lowest BCUT2D eigenvalue weighted by Gasteiger charge is -2.45. The topological polar surface area (TPSA) is 44.8 Å². The summed E-state index contributed by atoms with van der Waals surface area (Å²) in [5.74, 6) is 0.856. The third kappa shape index (κ3) is 8.78. The molecular formula is C20H40O4S. The first-order valence-electron chi connectivity index (χ1n) is 9.47. The number of rotatable bonds is 7. The van der Waals surface area contributed by atoms with E-state index in [1.807, 2.05) is 20.8 Å². The zero-order chi connectivity index (χ0) is 19.3. The largest absolute Gasteiger partial charge is 0.458 e. The molecule has 0 aromatic rings. The smallest absolute Gasteiger partial charge is 0.332 e. The molecule has 1 aliphatic carbocycles. The molecule has 0 bridgehead atoms. The van der Waals surface area contributed by atoms with E-state index in [0.29, 0.717) is 18.4 Å². The minimum absolute atomic E-state index is 0.0517. The Morgan fingerprint density at radius 3 is 2.08 bits per heavy atom. The van der Waals surface area contributed by atoms with Gasteiger partial charge in [0.2, 0.25) is 0 Å². The molecular weight excluding hydrogens is 336 g/mol. The van der Waals surface area contributed by atoms with Crippen LogP contribution in [0.1, 0.15) is 67.2 Å². The molecule has 1 fully saturated rings. The van der Waals surface area contributed by atoms with Crippen LogP contribution in [0.15, 0.2) is 0 Å². The fraction of sp³-hybridized carbons (Fsp3) is 0.950. The third-order valence-electron chi connectivity index (χ3n) is 4.96. The number of esters is 1. The predicted octanol–water partition coefficient (Wildman–Crippen LogP) is 4.95. The monoisotopic (exact) mass is 376 g/mol. The van der Waals surface area contributed by atoms with Gasteiger partial charge in [-0.1, -0.05) is 27.2 Å². The van der Waals surface area contributed by atoms with E-state index in [4.69, 9.17) is 13.7 Å². The molecule has 0 spiro atoms. The van der Waals surface area contributed by atoms with Gasteiger partial charge in [0.15, 0.2) is 0 Å².